The number of aryl methyl sites for hydroxylation is 1. The number of hydrogen-bond acceptors (Lipinski definition) is 5. The third kappa shape index (κ3) is 3.29. The first-order valence-corrected chi connectivity index (χ1v) is 10.2. The van der Waals surface area contributed by atoms with Gasteiger partial charge in [-0.25, -0.2) is 0 Å². The van der Waals surface area contributed by atoms with Crippen LogP contribution in [0.5, 0.6) is 0 Å². The van der Waals surface area contributed by atoms with Crippen LogP contribution in [0.15, 0.2) is 35.2 Å². The second-order valence-electron chi connectivity index (χ2n) is 7.64. The summed E-state index contributed by atoms with van der Waals surface area (Å²) in [6, 6.07) is 6.32. The van der Waals surface area contributed by atoms with E-state index in [4.69, 9.17) is 0 Å². The molecule has 0 radical (unpaired) electrons. The monoisotopic (exact) mass is 371 g/mol. The molecule has 0 unspecified atom stereocenters. The van der Waals surface area contributed by atoms with Gasteiger partial charge in [-0.15, -0.1) is 0 Å². The predicted octanol–water partition coefficient (Wildman–Crippen LogP) is 2.72. The highest BCUT2D eigenvalue weighted by atomic mass is 32.1. The Morgan fingerprint density at radius 3 is 2.54 bits per heavy atom. The van der Waals surface area contributed by atoms with Crippen molar-refractivity contribution < 1.29 is 9.90 Å². The number of aliphatic carboxylic acids is 1. The molecule has 2 aliphatic heterocycles. The molecule has 0 bridgehead atoms. The third-order valence-electron chi connectivity index (χ3n) is 5.84. The van der Waals surface area contributed by atoms with Gasteiger partial charge in [-0.05, 0) is 40.4 Å². The van der Waals surface area contributed by atoms with E-state index in [-0.39, 0.29) is 5.92 Å². The first-order valence-electron chi connectivity index (χ1n) is 9.22. The molecule has 2 aromatic heterocycles. The molecule has 0 spiro atoms. The summed E-state index contributed by atoms with van der Waals surface area (Å²) in [5, 5.41) is 14.2. The zero-order chi connectivity index (χ0) is 18.1. The zero-order valence-corrected chi connectivity index (χ0v) is 15.9. The molecule has 2 aliphatic rings. The quantitative estimate of drug-likeness (QED) is 0.846. The molecular formula is C20H25N3O2S. The van der Waals surface area contributed by atoms with E-state index in [1.54, 1.807) is 11.3 Å². The Hall–Kier alpha value is -1.76. The number of likely N-dealkylation sites (tertiary alicyclic amines) is 2. The van der Waals surface area contributed by atoms with Crippen molar-refractivity contribution in [2.45, 2.75) is 26.4 Å². The lowest BCUT2D eigenvalue weighted by Crippen LogP contribution is -2.40. The number of hydrogen-bond donors (Lipinski definition) is 1. The Morgan fingerprint density at radius 1 is 1.23 bits per heavy atom. The fraction of sp³-hybridized carbons (Fsp3) is 0.500. The smallest absolute Gasteiger partial charge is 0.312 e. The molecule has 0 amide bonds. The van der Waals surface area contributed by atoms with E-state index in [9.17, 15) is 9.90 Å². The number of carbonyl (C=O) groups is 1. The summed E-state index contributed by atoms with van der Waals surface area (Å²) < 4.78 is 0. The van der Waals surface area contributed by atoms with Gasteiger partial charge in [0.15, 0.2) is 0 Å². The topological polar surface area (TPSA) is 56.7 Å². The highest BCUT2D eigenvalue weighted by Crippen LogP contribution is 2.43. The lowest BCUT2D eigenvalue weighted by molar-refractivity contribution is -0.149. The Kier molecular flexibility index (Phi) is 4.82. The summed E-state index contributed by atoms with van der Waals surface area (Å²) in [6.07, 6.45) is 2.92. The number of carboxylic acids is 1. The Balaban J connectivity index is 1.43. The molecule has 2 saturated heterocycles. The predicted molar refractivity (Wildman–Crippen MR) is 102 cm³/mol. The van der Waals surface area contributed by atoms with Gasteiger partial charge in [0.1, 0.15) is 0 Å². The standard InChI is InChI=1S/C20H25N3O2S/c1-2-15-3-4-18(21-7-15)11-23-10-17-9-22(8-16-5-6-26-12-16)13-20(17,14-23)19(24)25/h3-7,12,17H,2,8-11,13-14H2,1H3,(H,24,25)/t17-,20-/m1/s1. The molecule has 6 heteroatoms. The number of pyridine rings is 1. The lowest BCUT2D eigenvalue weighted by Gasteiger charge is -2.25. The molecule has 0 aromatic carbocycles. The summed E-state index contributed by atoms with van der Waals surface area (Å²) in [6.45, 7) is 6.67. The summed E-state index contributed by atoms with van der Waals surface area (Å²) in [5.74, 6) is -0.458. The SMILES string of the molecule is CCc1ccc(CN2C[C@H]3CN(Cc4ccsc4)C[C@@]3(C(=O)O)C2)nc1. The van der Waals surface area contributed by atoms with Gasteiger partial charge in [-0.1, -0.05) is 13.0 Å². The van der Waals surface area contributed by atoms with E-state index >= 15 is 0 Å². The zero-order valence-electron chi connectivity index (χ0n) is 15.1. The van der Waals surface area contributed by atoms with Crippen LogP contribution in [-0.2, 0) is 24.3 Å². The third-order valence-corrected chi connectivity index (χ3v) is 6.57. The van der Waals surface area contributed by atoms with Crippen molar-refractivity contribution in [1.29, 1.82) is 0 Å². The summed E-state index contributed by atoms with van der Waals surface area (Å²) in [5.41, 5.74) is 2.91. The van der Waals surface area contributed by atoms with Gasteiger partial charge in [0.2, 0.25) is 0 Å². The van der Waals surface area contributed by atoms with Gasteiger partial charge in [-0.2, -0.15) is 11.3 Å². The highest BCUT2D eigenvalue weighted by Gasteiger charge is 2.57. The number of thiophene rings is 1. The van der Waals surface area contributed by atoms with E-state index in [2.05, 4.69) is 50.7 Å². The van der Waals surface area contributed by atoms with Crippen molar-refractivity contribution in [3.8, 4) is 0 Å². The van der Waals surface area contributed by atoms with Crippen LogP contribution in [0.25, 0.3) is 0 Å². The summed E-state index contributed by atoms with van der Waals surface area (Å²) in [4.78, 5) is 21.3. The van der Waals surface area contributed by atoms with Crippen LogP contribution < -0.4 is 0 Å². The van der Waals surface area contributed by atoms with Crippen LogP contribution in [-0.4, -0.2) is 52.0 Å². The number of fused-ring (bicyclic) bond motifs is 1. The largest absolute Gasteiger partial charge is 0.481 e. The molecular weight excluding hydrogens is 346 g/mol. The van der Waals surface area contributed by atoms with Gasteiger partial charge in [0.05, 0.1) is 11.1 Å². The Bertz CT molecular complexity index is 762. The van der Waals surface area contributed by atoms with Gasteiger partial charge in [0, 0.05) is 51.4 Å². The molecule has 2 aromatic rings. The molecule has 1 N–H and O–H groups in total. The second-order valence-corrected chi connectivity index (χ2v) is 8.42. The molecule has 138 valence electrons. The Labute approximate surface area is 158 Å². The molecule has 0 aliphatic carbocycles. The maximum absolute atomic E-state index is 12.2. The van der Waals surface area contributed by atoms with Crippen LogP contribution in [0.4, 0.5) is 0 Å². The molecule has 4 heterocycles. The van der Waals surface area contributed by atoms with Crippen molar-refractivity contribution >= 4 is 17.3 Å². The molecule has 0 saturated carbocycles. The van der Waals surface area contributed by atoms with Crippen LogP contribution in [0.3, 0.4) is 0 Å². The second kappa shape index (κ2) is 7.10. The van der Waals surface area contributed by atoms with Crippen molar-refractivity contribution in [3.63, 3.8) is 0 Å². The van der Waals surface area contributed by atoms with Crippen LogP contribution in [0.1, 0.15) is 23.7 Å². The van der Waals surface area contributed by atoms with Crippen LogP contribution in [0.2, 0.25) is 0 Å². The average molecular weight is 372 g/mol. The summed E-state index contributed by atoms with van der Waals surface area (Å²) in [7, 11) is 0. The van der Waals surface area contributed by atoms with E-state index < -0.39 is 11.4 Å². The van der Waals surface area contributed by atoms with Crippen molar-refractivity contribution in [3.05, 3.63) is 52.0 Å². The molecule has 2 fully saturated rings. The highest BCUT2D eigenvalue weighted by molar-refractivity contribution is 7.07. The maximum Gasteiger partial charge on any atom is 0.312 e. The maximum atomic E-state index is 12.2. The van der Waals surface area contributed by atoms with E-state index in [0.717, 1.165) is 38.3 Å². The van der Waals surface area contributed by atoms with Crippen LogP contribution >= 0.6 is 11.3 Å². The minimum absolute atomic E-state index is 0.188. The number of nitrogens with zero attached hydrogens (tertiary/aromatic N) is 3. The van der Waals surface area contributed by atoms with Crippen molar-refractivity contribution in [2.24, 2.45) is 11.3 Å². The molecule has 4 rings (SSSR count). The van der Waals surface area contributed by atoms with Crippen LogP contribution in [0, 0.1) is 11.3 Å². The van der Waals surface area contributed by atoms with E-state index in [1.807, 2.05) is 6.20 Å². The average Bonchev–Trinajstić information content (AvgIpc) is 3.31. The minimum Gasteiger partial charge on any atom is -0.481 e. The lowest BCUT2D eigenvalue weighted by atomic mass is 9.81. The molecule has 2 atom stereocenters. The first kappa shape index (κ1) is 17.6. The number of rotatable bonds is 6. The fourth-order valence-electron chi connectivity index (χ4n) is 4.44. The minimum atomic E-state index is -0.646. The Morgan fingerprint density at radius 2 is 2.00 bits per heavy atom. The normalized spacial score (nSPS) is 26.3. The number of carboxylic acid groups (broad SMARTS) is 1. The summed E-state index contributed by atoms with van der Waals surface area (Å²) >= 11 is 1.70. The first-order chi connectivity index (χ1) is 12.6. The van der Waals surface area contributed by atoms with Gasteiger partial charge in [-0.3, -0.25) is 19.6 Å². The fourth-order valence-corrected chi connectivity index (χ4v) is 5.10. The van der Waals surface area contributed by atoms with Gasteiger partial charge >= 0.3 is 5.97 Å². The molecule has 5 nitrogen and oxygen atoms in total. The van der Waals surface area contributed by atoms with Gasteiger partial charge in [0.25, 0.3) is 0 Å². The van der Waals surface area contributed by atoms with Gasteiger partial charge < -0.3 is 5.11 Å². The number of aromatic nitrogens is 1. The van der Waals surface area contributed by atoms with Crippen molar-refractivity contribution in [1.82, 2.24) is 14.8 Å². The van der Waals surface area contributed by atoms with Crippen molar-refractivity contribution in [2.75, 3.05) is 26.2 Å². The molecule has 26 heavy (non-hydrogen) atoms. The van der Waals surface area contributed by atoms with E-state index in [0.29, 0.717) is 13.1 Å². The van der Waals surface area contributed by atoms with E-state index in [1.165, 1.54) is 11.1 Å².